The topological polar surface area (TPSA) is 103 Å². The Kier molecular flexibility index (Phi) is 9.26. The van der Waals surface area contributed by atoms with Gasteiger partial charge in [-0.05, 0) is 71.0 Å². The van der Waals surface area contributed by atoms with E-state index in [9.17, 15) is 9.59 Å². The Morgan fingerprint density at radius 2 is 1.68 bits per heavy atom. The van der Waals surface area contributed by atoms with Gasteiger partial charge < -0.3 is 19.3 Å². The molecular formula is C30H40N6O4. The van der Waals surface area contributed by atoms with Crippen LogP contribution in [0.4, 0.5) is 5.69 Å². The van der Waals surface area contributed by atoms with Gasteiger partial charge in [0.2, 0.25) is 17.7 Å². The van der Waals surface area contributed by atoms with Gasteiger partial charge in [-0.25, -0.2) is 4.98 Å². The smallest absolute Gasteiger partial charge is 0.261 e. The predicted molar refractivity (Wildman–Crippen MR) is 154 cm³/mol. The number of rotatable bonds is 12. The van der Waals surface area contributed by atoms with Crippen LogP contribution in [0.5, 0.6) is 11.8 Å². The highest BCUT2D eigenvalue weighted by atomic mass is 16.5. The molecule has 0 radical (unpaired) electrons. The molecule has 0 N–H and O–H groups in total. The zero-order valence-electron chi connectivity index (χ0n) is 23.6. The first-order chi connectivity index (χ1) is 19.6. The van der Waals surface area contributed by atoms with E-state index in [4.69, 9.17) is 9.47 Å². The van der Waals surface area contributed by atoms with E-state index in [0.717, 1.165) is 70.1 Å². The van der Waals surface area contributed by atoms with Crippen LogP contribution in [0, 0.1) is 5.92 Å². The molecule has 2 aromatic heterocycles. The lowest BCUT2D eigenvalue weighted by molar-refractivity contribution is -0.124. The van der Waals surface area contributed by atoms with E-state index in [1.165, 1.54) is 6.33 Å². The number of ether oxygens (including phenoxy) is 2. The van der Waals surface area contributed by atoms with Gasteiger partial charge in [0.05, 0.1) is 30.4 Å². The number of anilines is 1. The Morgan fingerprint density at radius 3 is 2.33 bits per heavy atom. The van der Waals surface area contributed by atoms with Crippen molar-refractivity contribution in [2.75, 3.05) is 44.3 Å². The maximum absolute atomic E-state index is 13.5. The van der Waals surface area contributed by atoms with Crippen LogP contribution in [-0.4, -0.2) is 69.7 Å². The third kappa shape index (κ3) is 6.11. The SMILES string of the molecule is CCOc1ncnc(OCC)c1N(CCCCN1CCC(n2cnc3ccccc3c2=O)CC1)C(=O)C1CCC1. The summed E-state index contributed by atoms with van der Waals surface area (Å²) in [6.07, 6.45) is 9.70. The van der Waals surface area contributed by atoms with E-state index >= 15 is 0 Å². The van der Waals surface area contributed by atoms with Crippen LogP contribution >= 0.6 is 0 Å². The fourth-order valence-electron chi connectivity index (χ4n) is 5.64. The van der Waals surface area contributed by atoms with E-state index in [1.54, 1.807) is 6.33 Å². The lowest BCUT2D eigenvalue weighted by Crippen LogP contribution is -2.41. The number of fused-ring (bicyclic) bond motifs is 1. The van der Waals surface area contributed by atoms with E-state index in [-0.39, 0.29) is 23.4 Å². The summed E-state index contributed by atoms with van der Waals surface area (Å²) in [4.78, 5) is 44.0. The molecule has 0 unspecified atom stereocenters. The van der Waals surface area contributed by atoms with Crippen LogP contribution in [-0.2, 0) is 4.79 Å². The number of unbranched alkanes of at least 4 members (excludes halogenated alkanes) is 1. The average molecular weight is 549 g/mol. The van der Waals surface area contributed by atoms with Gasteiger partial charge in [0.15, 0.2) is 5.69 Å². The molecule has 3 aromatic rings. The number of carbonyl (C=O) groups excluding carboxylic acids is 1. The van der Waals surface area contributed by atoms with Gasteiger partial charge in [0.1, 0.15) is 6.33 Å². The first-order valence-electron chi connectivity index (χ1n) is 14.7. The Balaban J connectivity index is 1.19. The number of piperidine rings is 1. The van der Waals surface area contributed by atoms with Gasteiger partial charge in [-0.1, -0.05) is 18.6 Å². The van der Waals surface area contributed by atoms with E-state index in [2.05, 4.69) is 19.9 Å². The largest absolute Gasteiger partial charge is 0.476 e. The number of nitrogens with zero attached hydrogens (tertiary/aromatic N) is 6. The second-order valence-electron chi connectivity index (χ2n) is 10.6. The molecule has 40 heavy (non-hydrogen) atoms. The summed E-state index contributed by atoms with van der Waals surface area (Å²) in [6.45, 7) is 8.08. The van der Waals surface area contributed by atoms with Crippen molar-refractivity contribution in [1.82, 2.24) is 24.4 Å². The van der Waals surface area contributed by atoms with Crippen LogP contribution in [0.1, 0.15) is 64.8 Å². The van der Waals surface area contributed by atoms with E-state index in [1.807, 2.05) is 47.6 Å². The number of para-hydroxylation sites is 1. The minimum Gasteiger partial charge on any atom is -0.476 e. The first-order valence-corrected chi connectivity index (χ1v) is 14.7. The second-order valence-corrected chi connectivity index (χ2v) is 10.6. The summed E-state index contributed by atoms with van der Waals surface area (Å²) in [6, 6.07) is 7.70. The highest BCUT2D eigenvalue weighted by molar-refractivity contribution is 5.97. The number of aromatic nitrogens is 4. The van der Waals surface area contributed by atoms with Gasteiger partial charge in [-0.15, -0.1) is 0 Å². The zero-order chi connectivity index (χ0) is 27.9. The second kappa shape index (κ2) is 13.2. The van der Waals surface area contributed by atoms with Crippen LogP contribution < -0.4 is 19.9 Å². The lowest BCUT2D eigenvalue weighted by Gasteiger charge is -2.34. The maximum atomic E-state index is 13.5. The summed E-state index contributed by atoms with van der Waals surface area (Å²) < 4.78 is 13.4. The molecule has 0 atom stereocenters. The van der Waals surface area contributed by atoms with Crippen molar-refractivity contribution in [2.24, 2.45) is 5.92 Å². The van der Waals surface area contributed by atoms with Crippen LogP contribution in [0.3, 0.4) is 0 Å². The van der Waals surface area contributed by atoms with Crippen molar-refractivity contribution < 1.29 is 14.3 Å². The molecule has 1 aromatic carbocycles. The van der Waals surface area contributed by atoms with Gasteiger partial charge in [-0.2, -0.15) is 9.97 Å². The molecule has 1 aliphatic heterocycles. The Hall–Kier alpha value is -3.53. The minimum absolute atomic E-state index is 0.0381. The average Bonchev–Trinajstić information content (AvgIpc) is 2.94. The zero-order valence-corrected chi connectivity index (χ0v) is 23.6. The van der Waals surface area contributed by atoms with Crippen molar-refractivity contribution in [1.29, 1.82) is 0 Å². The van der Waals surface area contributed by atoms with Crippen LogP contribution in [0.25, 0.3) is 10.9 Å². The normalized spacial score (nSPS) is 16.6. The summed E-state index contributed by atoms with van der Waals surface area (Å²) in [5, 5.41) is 0.678. The lowest BCUT2D eigenvalue weighted by atomic mass is 9.84. The predicted octanol–water partition coefficient (Wildman–Crippen LogP) is 4.23. The molecule has 1 amide bonds. The van der Waals surface area contributed by atoms with Crippen molar-refractivity contribution in [3.63, 3.8) is 0 Å². The fourth-order valence-corrected chi connectivity index (χ4v) is 5.64. The number of likely N-dealkylation sites (tertiary alicyclic amines) is 1. The minimum atomic E-state index is 0.0381. The van der Waals surface area contributed by atoms with Crippen molar-refractivity contribution in [2.45, 2.75) is 64.8 Å². The summed E-state index contributed by atoms with van der Waals surface area (Å²) in [5.74, 6) is 0.942. The summed E-state index contributed by atoms with van der Waals surface area (Å²) >= 11 is 0. The molecule has 1 saturated carbocycles. The highest BCUT2D eigenvalue weighted by Crippen LogP contribution is 2.38. The third-order valence-corrected chi connectivity index (χ3v) is 8.05. The third-order valence-electron chi connectivity index (χ3n) is 8.05. The number of carbonyl (C=O) groups is 1. The van der Waals surface area contributed by atoms with Crippen molar-refractivity contribution in [3.8, 4) is 11.8 Å². The van der Waals surface area contributed by atoms with E-state index in [0.29, 0.717) is 42.6 Å². The van der Waals surface area contributed by atoms with Crippen molar-refractivity contribution >= 4 is 22.5 Å². The van der Waals surface area contributed by atoms with Crippen LogP contribution in [0.2, 0.25) is 0 Å². The Morgan fingerprint density at radius 1 is 0.975 bits per heavy atom. The Bertz CT molecular complexity index is 1330. The molecule has 1 aliphatic carbocycles. The number of hydrogen-bond acceptors (Lipinski definition) is 8. The molecule has 1 saturated heterocycles. The number of benzene rings is 1. The van der Waals surface area contributed by atoms with Gasteiger partial charge in [0.25, 0.3) is 5.56 Å². The van der Waals surface area contributed by atoms with Gasteiger partial charge in [-0.3, -0.25) is 14.2 Å². The highest BCUT2D eigenvalue weighted by Gasteiger charge is 2.34. The fraction of sp³-hybridized carbons (Fsp3) is 0.567. The molecule has 10 heteroatoms. The summed E-state index contributed by atoms with van der Waals surface area (Å²) in [7, 11) is 0. The molecule has 5 rings (SSSR count). The summed E-state index contributed by atoms with van der Waals surface area (Å²) in [5.41, 5.74) is 1.34. The standard InChI is InChI=1S/C30H40N6O4/c1-3-39-27-26(28(40-4-2)32-20-31-27)35(29(37)22-10-9-11-22)17-8-7-16-34-18-14-23(15-19-34)36-21-33-25-13-6-5-12-24(25)30(36)38/h5-6,12-13,20-23H,3-4,7-11,14-19H2,1-2H3. The molecule has 2 aliphatic rings. The van der Waals surface area contributed by atoms with Crippen LogP contribution in [0.15, 0.2) is 41.7 Å². The monoisotopic (exact) mass is 548 g/mol. The molecule has 10 nitrogen and oxygen atoms in total. The molecular weight excluding hydrogens is 508 g/mol. The van der Waals surface area contributed by atoms with Gasteiger partial charge in [0, 0.05) is 31.6 Å². The Labute approximate surface area is 235 Å². The van der Waals surface area contributed by atoms with Crippen molar-refractivity contribution in [3.05, 3.63) is 47.3 Å². The molecule has 0 bridgehead atoms. The van der Waals surface area contributed by atoms with E-state index < -0.39 is 0 Å². The quantitative estimate of drug-likeness (QED) is 0.310. The van der Waals surface area contributed by atoms with Gasteiger partial charge >= 0.3 is 0 Å². The maximum Gasteiger partial charge on any atom is 0.261 e. The molecule has 3 heterocycles. The molecule has 2 fully saturated rings. The molecule has 0 spiro atoms. The number of hydrogen-bond donors (Lipinski definition) is 0. The molecule has 214 valence electrons. The number of amides is 1. The first kappa shape index (κ1) is 28.0.